The van der Waals surface area contributed by atoms with E-state index in [1.54, 1.807) is 31.2 Å². The largest absolute Gasteiger partial charge is 0.450 e. The van der Waals surface area contributed by atoms with Gasteiger partial charge in [0.15, 0.2) is 0 Å². The van der Waals surface area contributed by atoms with E-state index in [9.17, 15) is 10.1 Å². The van der Waals surface area contributed by atoms with Gasteiger partial charge in [0.1, 0.15) is 5.75 Å². The van der Waals surface area contributed by atoms with Crippen molar-refractivity contribution in [3.05, 3.63) is 63.7 Å². The molecule has 0 aliphatic rings. The van der Waals surface area contributed by atoms with Gasteiger partial charge in [-0.05, 0) is 19.1 Å². The minimum atomic E-state index is -0.415. The number of nitro groups is 1. The standard InChI is InChI=1S/C14H12BrNO3/c1-10-5-4-8-13(14(10)16(17)18)19-12-7-3-2-6-11(12)9-15/h2-8H,9H2,1H3. The molecule has 0 bridgehead atoms. The second-order valence-electron chi connectivity index (χ2n) is 4.02. The van der Waals surface area contributed by atoms with Crippen LogP contribution in [0.5, 0.6) is 11.5 Å². The number of nitro benzene ring substituents is 1. The average Bonchev–Trinajstić information content (AvgIpc) is 2.39. The molecule has 0 saturated heterocycles. The van der Waals surface area contributed by atoms with Crippen LogP contribution in [-0.4, -0.2) is 4.92 Å². The Morgan fingerprint density at radius 3 is 2.53 bits per heavy atom. The Kier molecular flexibility index (Phi) is 4.16. The average molecular weight is 322 g/mol. The Labute approximate surface area is 119 Å². The molecule has 98 valence electrons. The van der Waals surface area contributed by atoms with Gasteiger partial charge in [-0.3, -0.25) is 10.1 Å². The Balaban J connectivity index is 2.44. The fourth-order valence-corrected chi connectivity index (χ4v) is 2.24. The first-order valence-corrected chi connectivity index (χ1v) is 6.81. The topological polar surface area (TPSA) is 52.4 Å². The number of para-hydroxylation sites is 2. The van der Waals surface area contributed by atoms with Gasteiger partial charge < -0.3 is 4.74 Å². The van der Waals surface area contributed by atoms with Crippen LogP contribution in [0.1, 0.15) is 11.1 Å². The molecule has 0 amide bonds. The molecule has 0 unspecified atom stereocenters. The van der Waals surface area contributed by atoms with Crippen molar-refractivity contribution >= 4 is 21.6 Å². The van der Waals surface area contributed by atoms with Gasteiger partial charge in [0.05, 0.1) is 4.92 Å². The lowest BCUT2D eigenvalue weighted by atomic mass is 10.2. The highest BCUT2D eigenvalue weighted by Gasteiger charge is 2.19. The third-order valence-corrected chi connectivity index (χ3v) is 3.32. The van der Waals surface area contributed by atoms with Crippen LogP contribution in [0.3, 0.4) is 0 Å². The predicted molar refractivity (Wildman–Crippen MR) is 77.0 cm³/mol. The predicted octanol–water partition coefficient (Wildman–Crippen LogP) is 4.59. The molecule has 0 atom stereocenters. The molecule has 0 fully saturated rings. The second-order valence-corrected chi connectivity index (χ2v) is 4.58. The maximum Gasteiger partial charge on any atom is 0.314 e. The van der Waals surface area contributed by atoms with E-state index in [-0.39, 0.29) is 11.4 Å². The number of nitrogens with zero attached hydrogens (tertiary/aromatic N) is 1. The summed E-state index contributed by atoms with van der Waals surface area (Å²) in [6, 6.07) is 12.5. The first-order chi connectivity index (χ1) is 9.13. The van der Waals surface area contributed by atoms with Crippen LogP contribution >= 0.6 is 15.9 Å². The third-order valence-electron chi connectivity index (χ3n) is 2.72. The molecule has 0 aliphatic heterocycles. The zero-order valence-corrected chi connectivity index (χ0v) is 11.9. The van der Waals surface area contributed by atoms with E-state index in [0.29, 0.717) is 16.6 Å². The van der Waals surface area contributed by atoms with E-state index in [0.717, 1.165) is 5.56 Å². The van der Waals surface area contributed by atoms with Crippen LogP contribution in [0.2, 0.25) is 0 Å². The van der Waals surface area contributed by atoms with Gasteiger partial charge in [0.25, 0.3) is 0 Å². The van der Waals surface area contributed by atoms with Gasteiger partial charge in [-0.2, -0.15) is 0 Å². The lowest BCUT2D eigenvalue weighted by molar-refractivity contribution is -0.386. The third kappa shape index (κ3) is 2.93. The summed E-state index contributed by atoms with van der Waals surface area (Å²) in [5.41, 5.74) is 1.53. The normalized spacial score (nSPS) is 10.2. The van der Waals surface area contributed by atoms with Gasteiger partial charge in [0.2, 0.25) is 5.75 Å². The monoisotopic (exact) mass is 321 g/mol. The lowest BCUT2D eigenvalue weighted by Crippen LogP contribution is -1.97. The molecule has 5 heteroatoms. The number of hydrogen-bond acceptors (Lipinski definition) is 3. The van der Waals surface area contributed by atoms with Crippen molar-refractivity contribution in [3.63, 3.8) is 0 Å². The van der Waals surface area contributed by atoms with Crippen molar-refractivity contribution < 1.29 is 9.66 Å². The van der Waals surface area contributed by atoms with Gasteiger partial charge in [-0.15, -0.1) is 0 Å². The summed E-state index contributed by atoms with van der Waals surface area (Å²) in [7, 11) is 0. The maximum absolute atomic E-state index is 11.1. The van der Waals surface area contributed by atoms with Crippen LogP contribution in [0.4, 0.5) is 5.69 Å². The molecule has 0 N–H and O–H groups in total. The zero-order valence-electron chi connectivity index (χ0n) is 10.3. The van der Waals surface area contributed by atoms with Crippen molar-refractivity contribution in [1.29, 1.82) is 0 Å². The van der Waals surface area contributed by atoms with Crippen LogP contribution in [-0.2, 0) is 5.33 Å². The van der Waals surface area contributed by atoms with E-state index < -0.39 is 4.92 Å². The van der Waals surface area contributed by atoms with Crippen molar-refractivity contribution in [2.75, 3.05) is 0 Å². The Morgan fingerprint density at radius 2 is 1.84 bits per heavy atom. The van der Waals surface area contributed by atoms with E-state index >= 15 is 0 Å². The molecule has 4 nitrogen and oxygen atoms in total. The van der Waals surface area contributed by atoms with Crippen LogP contribution in [0, 0.1) is 17.0 Å². The fourth-order valence-electron chi connectivity index (χ4n) is 1.78. The van der Waals surface area contributed by atoms with Gasteiger partial charge in [-0.1, -0.05) is 46.3 Å². The minimum absolute atomic E-state index is 0.00637. The highest BCUT2D eigenvalue weighted by atomic mass is 79.9. The molecule has 2 rings (SSSR count). The number of halogens is 1. The molecule has 0 aromatic heterocycles. The SMILES string of the molecule is Cc1cccc(Oc2ccccc2CBr)c1[N+](=O)[O-]. The zero-order chi connectivity index (χ0) is 13.8. The summed E-state index contributed by atoms with van der Waals surface area (Å²) in [4.78, 5) is 10.7. The highest BCUT2D eigenvalue weighted by Crippen LogP contribution is 2.35. The molecule has 19 heavy (non-hydrogen) atoms. The molecular weight excluding hydrogens is 310 g/mol. The van der Waals surface area contributed by atoms with Gasteiger partial charge in [0, 0.05) is 16.5 Å². The maximum atomic E-state index is 11.1. The minimum Gasteiger partial charge on any atom is -0.450 e. The van der Waals surface area contributed by atoms with Crippen LogP contribution < -0.4 is 4.74 Å². The number of rotatable bonds is 4. The highest BCUT2D eigenvalue weighted by molar-refractivity contribution is 9.08. The Hall–Kier alpha value is -1.88. The first-order valence-electron chi connectivity index (χ1n) is 5.69. The summed E-state index contributed by atoms with van der Waals surface area (Å²) in [5.74, 6) is 0.881. The fraction of sp³-hybridized carbons (Fsp3) is 0.143. The van der Waals surface area contributed by atoms with Crippen molar-refractivity contribution in [1.82, 2.24) is 0 Å². The van der Waals surface area contributed by atoms with E-state index in [1.165, 1.54) is 0 Å². The summed E-state index contributed by atoms with van der Waals surface area (Å²) < 4.78 is 5.70. The van der Waals surface area contributed by atoms with E-state index in [2.05, 4.69) is 15.9 Å². The van der Waals surface area contributed by atoms with Crippen molar-refractivity contribution in [2.45, 2.75) is 12.3 Å². The first kappa shape index (κ1) is 13.5. The van der Waals surface area contributed by atoms with Gasteiger partial charge >= 0.3 is 5.69 Å². The Bertz CT molecular complexity index is 613. The number of alkyl halides is 1. The Morgan fingerprint density at radius 1 is 1.16 bits per heavy atom. The number of benzene rings is 2. The second kappa shape index (κ2) is 5.84. The quantitative estimate of drug-likeness (QED) is 0.470. The summed E-state index contributed by atoms with van der Waals surface area (Å²) in [6.07, 6.45) is 0. The van der Waals surface area contributed by atoms with Crippen molar-refractivity contribution in [2.24, 2.45) is 0 Å². The number of ether oxygens (including phenoxy) is 1. The van der Waals surface area contributed by atoms with Gasteiger partial charge in [-0.25, -0.2) is 0 Å². The molecule has 0 spiro atoms. The van der Waals surface area contributed by atoms with E-state index in [4.69, 9.17) is 4.74 Å². The summed E-state index contributed by atoms with van der Waals surface area (Å²) in [5, 5.41) is 11.7. The summed E-state index contributed by atoms with van der Waals surface area (Å²) >= 11 is 3.37. The van der Waals surface area contributed by atoms with Crippen LogP contribution in [0.15, 0.2) is 42.5 Å². The molecular formula is C14H12BrNO3. The number of aryl methyl sites for hydroxylation is 1. The molecule has 0 aliphatic carbocycles. The number of hydrogen-bond donors (Lipinski definition) is 0. The lowest BCUT2D eigenvalue weighted by Gasteiger charge is -2.10. The molecule has 0 heterocycles. The summed E-state index contributed by atoms with van der Waals surface area (Å²) in [6.45, 7) is 1.70. The van der Waals surface area contributed by atoms with Crippen molar-refractivity contribution in [3.8, 4) is 11.5 Å². The smallest absolute Gasteiger partial charge is 0.314 e. The molecule has 0 saturated carbocycles. The van der Waals surface area contributed by atoms with Crippen LogP contribution in [0.25, 0.3) is 0 Å². The molecule has 2 aromatic carbocycles. The molecule has 0 radical (unpaired) electrons. The molecule has 2 aromatic rings. The van der Waals surface area contributed by atoms with E-state index in [1.807, 2.05) is 18.2 Å².